The predicted octanol–water partition coefficient (Wildman–Crippen LogP) is 1.18. The van der Waals surface area contributed by atoms with Crippen LogP contribution in [0.4, 0.5) is 8.78 Å². The van der Waals surface area contributed by atoms with Crippen molar-refractivity contribution in [2.45, 2.75) is 56.9 Å². The number of carbonyl (C=O) groups excluding carboxylic acids is 4. The SMILES string of the molecule is N#C[C@@H]1CC(F)(F)CN1C(=O)[C@@H]1C[C@@H](CC(=O)N2Cc3cccc(Cn4cc(-c5ccc(C(=O)NCCN)cc5)nn4)c3C2)C(=O)N1. The third kappa shape index (κ3) is 6.68. The molecule has 0 aliphatic carbocycles. The molecule has 2 aromatic carbocycles. The van der Waals surface area contributed by atoms with Crippen molar-refractivity contribution in [1.82, 2.24) is 35.4 Å². The number of nitrogens with zero attached hydrogens (tertiary/aromatic N) is 6. The number of hydrogen-bond acceptors (Lipinski definition) is 8. The van der Waals surface area contributed by atoms with Crippen molar-refractivity contribution in [3.63, 3.8) is 0 Å². The molecule has 4 heterocycles. The molecule has 0 radical (unpaired) electrons. The summed E-state index contributed by atoms with van der Waals surface area (Å²) in [5.41, 5.74) is 10.3. The van der Waals surface area contributed by atoms with Crippen LogP contribution in [0.1, 0.15) is 46.3 Å². The molecular formula is C32H33F2N9O4. The van der Waals surface area contributed by atoms with Gasteiger partial charge in [0.2, 0.25) is 17.7 Å². The Kier molecular flexibility index (Phi) is 8.69. The van der Waals surface area contributed by atoms with Gasteiger partial charge in [-0.25, -0.2) is 13.5 Å². The lowest BCUT2D eigenvalue weighted by Gasteiger charge is -2.22. The minimum Gasteiger partial charge on any atom is -0.351 e. The maximum Gasteiger partial charge on any atom is 0.268 e. The number of nitrogens with one attached hydrogen (secondary N) is 2. The Labute approximate surface area is 268 Å². The lowest BCUT2D eigenvalue weighted by atomic mass is 9.99. The first-order valence-electron chi connectivity index (χ1n) is 15.3. The van der Waals surface area contributed by atoms with E-state index >= 15 is 0 Å². The van der Waals surface area contributed by atoms with Gasteiger partial charge < -0.3 is 26.2 Å². The standard InChI is InChI=1S/C32H33F2N9O4/c33-32(34)12-24(13-36)43(18-32)31(47)26-10-23(30(46)38-26)11-28(44)41-14-21-2-1-3-22(25(21)16-41)15-42-17-27(39-40-42)19-4-6-20(7-5-19)29(45)37-9-8-35/h1-7,17,23-24,26H,8-12,14-16,18,35H2,(H,37,45)(H,38,46)/t23-,24-,26-/m0/s1. The average molecular weight is 646 g/mol. The Morgan fingerprint density at radius 2 is 1.94 bits per heavy atom. The van der Waals surface area contributed by atoms with Crippen LogP contribution < -0.4 is 16.4 Å². The fourth-order valence-corrected chi connectivity index (χ4v) is 6.36. The normalized spacial score (nSPS) is 21.3. The highest BCUT2D eigenvalue weighted by Gasteiger charge is 2.50. The first kappa shape index (κ1) is 31.7. The van der Waals surface area contributed by atoms with E-state index in [1.165, 1.54) is 0 Å². The molecule has 0 spiro atoms. The highest BCUT2D eigenvalue weighted by Crippen LogP contribution is 2.34. The summed E-state index contributed by atoms with van der Waals surface area (Å²) in [7, 11) is 0. The van der Waals surface area contributed by atoms with Crippen molar-refractivity contribution in [2.75, 3.05) is 19.6 Å². The number of aromatic nitrogens is 3. The molecule has 3 aromatic rings. The Morgan fingerprint density at radius 1 is 1.15 bits per heavy atom. The van der Waals surface area contributed by atoms with Crippen molar-refractivity contribution in [1.29, 1.82) is 5.26 Å². The molecule has 2 fully saturated rings. The third-order valence-electron chi connectivity index (χ3n) is 8.81. The topological polar surface area (TPSA) is 179 Å². The number of halogens is 2. The fraction of sp³-hybridized carbons (Fsp3) is 0.406. The predicted molar refractivity (Wildman–Crippen MR) is 162 cm³/mol. The second kappa shape index (κ2) is 12.9. The maximum atomic E-state index is 13.9. The molecule has 3 atom stereocenters. The molecule has 0 bridgehead atoms. The van der Waals surface area contributed by atoms with Gasteiger partial charge in [0.1, 0.15) is 17.8 Å². The van der Waals surface area contributed by atoms with E-state index in [2.05, 4.69) is 20.9 Å². The number of amides is 4. The highest BCUT2D eigenvalue weighted by molar-refractivity contribution is 5.95. The van der Waals surface area contributed by atoms with Gasteiger partial charge in [-0.15, -0.1) is 5.10 Å². The van der Waals surface area contributed by atoms with Crippen LogP contribution in [0.5, 0.6) is 0 Å². The molecule has 4 amide bonds. The van der Waals surface area contributed by atoms with Crippen molar-refractivity contribution in [2.24, 2.45) is 11.7 Å². The van der Waals surface area contributed by atoms with Crippen LogP contribution in [-0.2, 0) is 34.0 Å². The number of nitrogens with two attached hydrogens (primary N) is 1. The van der Waals surface area contributed by atoms with Gasteiger partial charge in [-0.1, -0.05) is 35.5 Å². The summed E-state index contributed by atoms with van der Waals surface area (Å²) in [4.78, 5) is 53.6. The molecular weight excluding hydrogens is 612 g/mol. The van der Waals surface area contributed by atoms with Crippen molar-refractivity contribution >= 4 is 23.6 Å². The summed E-state index contributed by atoms with van der Waals surface area (Å²) in [6.45, 7) is 0.984. The molecule has 0 unspecified atom stereocenters. The van der Waals surface area contributed by atoms with Crippen molar-refractivity contribution < 1.29 is 28.0 Å². The average Bonchev–Trinajstić information content (AvgIpc) is 3.85. The smallest absolute Gasteiger partial charge is 0.268 e. The van der Waals surface area contributed by atoms with E-state index in [-0.39, 0.29) is 24.7 Å². The Balaban J connectivity index is 1.06. The van der Waals surface area contributed by atoms with Crippen molar-refractivity contribution in [3.8, 4) is 17.3 Å². The zero-order chi connectivity index (χ0) is 33.3. The van der Waals surface area contributed by atoms with Crippen molar-refractivity contribution in [3.05, 3.63) is 70.9 Å². The van der Waals surface area contributed by atoms with E-state index in [1.54, 1.807) is 46.1 Å². The molecule has 1 aromatic heterocycles. The van der Waals surface area contributed by atoms with Gasteiger partial charge in [0, 0.05) is 56.1 Å². The molecule has 244 valence electrons. The first-order valence-corrected chi connectivity index (χ1v) is 15.3. The van der Waals surface area contributed by atoms with Gasteiger partial charge in [0.25, 0.3) is 11.8 Å². The molecule has 15 heteroatoms. The van der Waals surface area contributed by atoms with Gasteiger partial charge in [-0.2, -0.15) is 5.26 Å². The van der Waals surface area contributed by atoms with E-state index < -0.39 is 48.7 Å². The quantitative estimate of drug-likeness (QED) is 0.310. The molecule has 2 saturated heterocycles. The molecule has 6 rings (SSSR count). The number of hydrogen-bond donors (Lipinski definition) is 3. The minimum atomic E-state index is -3.16. The van der Waals surface area contributed by atoms with Crippen LogP contribution in [0.15, 0.2) is 48.7 Å². The van der Waals surface area contributed by atoms with E-state index in [0.29, 0.717) is 44.0 Å². The molecule has 3 aliphatic heterocycles. The number of fused-ring (bicyclic) bond motifs is 1. The summed E-state index contributed by atoms with van der Waals surface area (Å²) in [5, 5.41) is 23.1. The van der Waals surface area contributed by atoms with Gasteiger partial charge in [0.15, 0.2) is 0 Å². The van der Waals surface area contributed by atoms with Crippen LogP contribution in [0.3, 0.4) is 0 Å². The highest BCUT2D eigenvalue weighted by atomic mass is 19.3. The second-order valence-electron chi connectivity index (χ2n) is 12.1. The number of likely N-dealkylation sites (tertiary alicyclic amines) is 1. The number of alkyl halides is 2. The fourth-order valence-electron chi connectivity index (χ4n) is 6.36. The molecule has 47 heavy (non-hydrogen) atoms. The monoisotopic (exact) mass is 645 g/mol. The first-order chi connectivity index (χ1) is 22.5. The summed E-state index contributed by atoms with van der Waals surface area (Å²) < 4.78 is 29.4. The number of rotatable bonds is 9. The number of nitriles is 1. The molecule has 13 nitrogen and oxygen atoms in total. The van der Waals surface area contributed by atoms with E-state index in [9.17, 15) is 33.2 Å². The van der Waals surface area contributed by atoms with Crippen LogP contribution in [0.25, 0.3) is 11.3 Å². The summed E-state index contributed by atoms with van der Waals surface area (Å²) in [6, 6.07) is 12.2. The van der Waals surface area contributed by atoms with Crippen LogP contribution >= 0.6 is 0 Å². The van der Waals surface area contributed by atoms with Crippen LogP contribution in [0, 0.1) is 17.2 Å². The van der Waals surface area contributed by atoms with E-state index in [1.807, 2.05) is 18.2 Å². The Morgan fingerprint density at radius 3 is 2.68 bits per heavy atom. The van der Waals surface area contributed by atoms with E-state index in [4.69, 9.17) is 5.73 Å². The lowest BCUT2D eigenvalue weighted by molar-refractivity contribution is -0.135. The lowest BCUT2D eigenvalue weighted by Crippen LogP contribution is -2.46. The van der Waals surface area contributed by atoms with Gasteiger partial charge in [-0.3, -0.25) is 19.2 Å². The van der Waals surface area contributed by atoms with Crippen LogP contribution in [0.2, 0.25) is 0 Å². The molecule has 4 N–H and O–H groups in total. The zero-order valence-corrected chi connectivity index (χ0v) is 25.4. The Bertz CT molecular complexity index is 1750. The van der Waals surface area contributed by atoms with E-state index in [0.717, 1.165) is 27.2 Å². The zero-order valence-electron chi connectivity index (χ0n) is 25.4. The third-order valence-corrected chi connectivity index (χ3v) is 8.81. The number of benzene rings is 2. The maximum absolute atomic E-state index is 13.9. The summed E-state index contributed by atoms with van der Waals surface area (Å²) >= 11 is 0. The molecule has 0 saturated carbocycles. The minimum absolute atomic E-state index is 0.00545. The van der Waals surface area contributed by atoms with Gasteiger partial charge in [0.05, 0.1) is 25.4 Å². The summed E-state index contributed by atoms with van der Waals surface area (Å²) in [6.07, 6.45) is 0.934. The summed E-state index contributed by atoms with van der Waals surface area (Å²) in [5.74, 6) is -5.62. The van der Waals surface area contributed by atoms with Crippen LogP contribution in [-0.4, -0.2) is 86.1 Å². The second-order valence-corrected chi connectivity index (χ2v) is 12.1. The molecule has 3 aliphatic rings. The van der Waals surface area contributed by atoms with Gasteiger partial charge >= 0.3 is 0 Å². The number of carbonyl (C=O) groups is 4. The largest absolute Gasteiger partial charge is 0.351 e. The van der Waals surface area contributed by atoms with Gasteiger partial charge in [-0.05, 0) is 35.2 Å². The Hall–Kier alpha value is -5.23.